The molecule has 0 aliphatic carbocycles. The van der Waals surface area contributed by atoms with Crippen molar-refractivity contribution in [1.82, 2.24) is 15.8 Å². The van der Waals surface area contributed by atoms with Crippen molar-refractivity contribution >= 4 is 23.8 Å². The second-order valence-corrected chi connectivity index (χ2v) is 7.11. The number of esters is 1. The van der Waals surface area contributed by atoms with E-state index < -0.39 is 36.0 Å². The minimum atomic E-state index is -1.26. The highest BCUT2D eigenvalue weighted by Gasteiger charge is 2.52. The lowest BCUT2D eigenvalue weighted by atomic mass is 9.87. The molecule has 8 heteroatoms. The van der Waals surface area contributed by atoms with Gasteiger partial charge in [0.05, 0.1) is 5.56 Å². The number of rotatable bonds is 6. The Morgan fingerprint density at radius 3 is 2.40 bits per heavy atom. The SMILES string of the molecule is CC[C@]1(c2ccccc2)NC(=O)N(NC(=O)COC(=O)c2ccc(C)c(C)c2)C1=O. The molecule has 2 aromatic rings. The number of ether oxygens (including phenoxy) is 1. The molecule has 0 bridgehead atoms. The van der Waals surface area contributed by atoms with Crippen LogP contribution >= 0.6 is 0 Å². The van der Waals surface area contributed by atoms with Gasteiger partial charge in [-0.2, -0.15) is 5.01 Å². The number of urea groups is 1. The number of hydrogen-bond donors (Lipinski definition) is 2. The Morgan fingerprint density at radius 2 is 1.77 bits per heavy atom. The van der Waals surface area contributed by atoms with E-state index in [4.69, 9.17) is 4.74 Å². The van der Waals surface area contributed by atoms with E-state index in [9.17, 15) is 19.2 Å². The minimum absolute atomic E-state index is 0.301. The van der Waals surface area contributed by atoms with E-state index in [2.05, 4.69) is 10.7 Å². The summed E-state index contributed by atoms with van der Waals surface area (Å²) >= 11 is 0. The number of nitrogens with zero attached hydrogens (tertiary/aromatic N) is 1. The molecule has 2 N–H and O–H groups in total. The average Bonchev–Trinajstić information content (AvgIpc) is 2.99. The molecular weight excluding hydrogens is 386 g/mol. The van der Waals surface area contributed by atoms with E-state index in [-0.39, 0.29) is 0 Å². The van der Waals surface area contributed by atoms with Crippen molar-refractivity contribution in [3.63, 3.8) is 0 Å². The van der Waals surface area contributed by atoms with Crippen molar-refractivity contribution in [3.8, 4) is 0 Å². The molecular formula is C22H23N3O5. The highest BCUT2D eigenvalue weighted by Crippen LogP contribution is 2.31. The smallest absolute Gasteiger partial charge is 0.344 e. The molecule has 156 valence electrons. The molecule has 1 fully saturated rings. The average molecular weight is 409 g/mol. The minimum Gasteiger partial charge on any atom is -0.452 e. The number of carbonyl (C=O) groups excluding carboxylic acids is 4. The molecule has 8 nitrogen and oxygen atoms in total. The quantitative estimate of drug-likeness (QED) is 0.563. The molecule has 0 spiro atoms. The molecule has 4 amide bonds. The Morgan fingerprint density at radius 1 is 1.07 bits per heavy atom. The number of hydrogen-bond acceptors (Lipinski definition) is 5. The van der Waals surface area contributed by atoms with Crippen molar-refractivity contribution in [3.05, 3.63) is 70.8 Å². The first kappa shape index (κ1) is 21.0. The maximum atomic E-state index is 13.0. The van der Waals surface area contributed by atoms with Gasteiger partial charge in [-0.15, -0.1) is 0 Å². The Bertz CT molecular complexity index is 1010. The fourth-order valence-electron chi connectivity index (χ4n) is 3.28. The Labute approximate surface area is 174 Å². The van der Waals surface area contributed by atoms with Crippen LogP contribution in [0.15, 0.2) is 48.5 Å². The normalized spacial score (nSPS) is 18.2. The fourth-order valence-corrected chi connectivity index (χ4v) is 3.28. The second-order valence-electron chi connectivity index (χ2n) is 7.11. The van der Waals surface area contributed by atoms with Crippen LogP contribution in [0.3, 0.4) is 0 Å². The molecule has 30 heavy (non-hydrogen) atoms. The largest absolute Gasteiger partial charge is 0.452 e. The van der Waals surface area contributed by atoms with Crippen molar-refractivity contribution in [1.29, 1.82) is 0 Å². The maximum absolute atomic E-state index is 13.0. The van der Waals surface area contributed by atoms with Crippen molar-refractivity contribution < 1.29 is 23.9 Å². The van der Waals surface area contributed by atoms with Gasteiger partial charge in [-0.25, -0.2) is 9.59 Å². The second kappa shape index (κ2) is 8.36. The molecule has 0 aromatic heterocycles. The highest BCUT2D eigenvalue weighted by molar-refractivity contribution is 6.08. The summed E-state index contributed by atoms with van der Waals surface area (Å²) in [7, 11) is 0. The van der Waals surface area contributed by atoms with Crippen LogP contribution < -0.4 is 10.7 Å². The van der Waals surface area contributed by atoms with Crippen molar-refractivity contribution in [2.75, 3.05) is 6.61 Å². The third kappa shape index (κ3) is 3.89. The first-order valence-electron chi connectivity index (χ1n) is 9.54. The fraction of sp³-hybridized carbons (Fsp3) is 0.273. The number of benzene rings is 2. The zero-order valence-corrected chi connectivity index (χ0v) is 17.0. The van der Waals surface area contributed by atoms with Crippen molar-refractivity contribution in [2.24, 2.45) is 0 Å². The summed E-state index contributed by atoms with van der Waals surface area (Å²) in [5, 5.41) is 3.28. The van der Waals surface area contributed by atoms with Crippen LogP contribution in [-0.4, -0.2) is 35.4 Å². The van der Waals surface area contributed by atoms with Crippen LogP contribution in [0, 0.1) is 13.8 Å². The first-order chi connectivity index (χ1) is 14.3. The van der Waals surface area contributed by atoms with Crippen LogP contribution in [0.5, 0.6) is 0 Å². The molecule has 0 radical (unpaired) electrons. The number of imide groups is 1. The van der Waals surface area contributed by atoms with Gasteiger partial charge in [-0.3, -0.25) is 15.0 Å². The van der Waals surface area contributed by atoms with E-state index in [1.165, 1.54) is 0 Å². The van der Waals surface area contributed by atoms with Gasteiger partial charge in [0.1, 0.15) is 5.54 Å². The lowest BCUT2D eigenvalue weighted by Gasteiger charge is -2.25. The monoisotopic (exact) mass is 409 g/mol. The molecule has 1 atom stereocenters. The number of nitrogens with one attached hydrogen (secondary N) is 2. The number of amides is 4. The summed E-state index contributed by atoms with van der Waals surface area (Å²) in [6, 6.07) is 13.1. The lowest BCUT2D eigenvalue weighted by Crippen LogP contribution is -2.49. The summed E-state index contributed by atoms with van der Waals surface area (Å²) < 4.78 is 5.01. The summed E-state index contributed by atoms with van der Waals surface area (Å²) in [6.07, 6.45) is 0.301. The maximum Gasteiger partial charge on any atom is 0.344 e. The summed E-state index contributed by atoms with van der Waals surface area (Å²) in [5.74, 6) is -2.07. The zero-order chi connectivity index (χ0) is 21.9. The molecule has 0 saturated carbocycles. The molecule has 1 saturated heterocycles. The Hall–Kier alpha value is -3.68. The standard InChI is InChI=1S/C22H23N3O5/c1-4-22(17-8-6-5-7-9-17)20(28)25(21(29)23-22)24-18(26)13-30-19(27)16-11-10-14(2)15(3)12-16/h5-12H,4,13H2,1-3H3,(H,23,29)(H,24,26)/t22-/m1/s1. The molecule has 1 aliphatic heterocycles. The molecule has 1 heterocycles. The number of hydrazine groups is 1. The van der Waals surface area contributed by atoms with E-state index in [0.29, 0.717) is 22.6 Å². The third-order valence-corrected chi connectivity index (χ3v) is 5.20. The number of carbonyl (C=O) groups is 4. The summed E-state index contributed by atoms with van der Waals surface area (Å²) in [6.45, 7) is 4.92. The topological polar surface area (TPSA) is 105 Å². The van der Waals surface area contributed by atoms with Crippen LogP contribution in [0.1, 0.15) is 40.4 Å². The van der Waals surface area contributed by atoms with Gasteiger partial charge >= 0.3 is 12.0 Å². The van der Waals surface area contributed by atoms with Gasteiger partial charge in [-0.1, -0.05) is 43.3 Å². The number of aryl methyl sites for hydroxylation is 2. The summed E-state index contributed by atoms with van der Waals surface area (Å²) in [5.41, 5.74) is 3.84. The van der Waals surface area contributed by atoms with Crippen molar-refractivity contribution in [2.45, 2.75) is 32.7 Å². The Balaban J connectivity index is 1.65. The first-order valence-corrected chi connectivity index (χ1v) is 9.54. The van der Waals surface area contributed by atoms with Crippen LogP contribution in [-0.2, 0) is 19.9 Å². The molecule has 1 aliphatic rings. The van der Waals surface area contributed by atoms with E-state index >= 15 is 0 Å². The molecule has 2 aromatic carbocycles. The zero-order valence-electron chi connectivity index (χ0n) is 17.0. The van der Waals surface area contributed by atoms with Gasteiger partial charge in [0.2, 0.25) is 0 Å². The predicted molar refractivity (Wildman–Crippen MR) is 108 cm³/mol. The predicted octanol–water partition coefficient (Wildman–Crippen LogP) is 2.35. The third-order valence-electron chi connectivity index (χ3n) is 5.20. The van der Waals surface area contributed by atoms with Crippen LogP contribution in [0.25, 0.3) is 0 Å². The van der Waals surface area contributed by atoms with Gasteiger partial charge in [-0.05, 0) is 49.1 Å². The van der Waals surface area contributed by atoms with Gasteiger partial charge < -0.3 is 10.1 Å². The van der Waals surface area contributed by atoms with Crippen LogP contribution in [0.2, 0.25) is 0 Å². The Kier molecular flexibility index (Phi) is 5.86. The molecule has 3 rings (SSSR count). The van der Waals surface area contributed by atoms with E-state index in [0.717, 1.165) is 11.1 Å². The lowest BCUT2D eigenvalue weighted by molar-refractivity contribution is -0.140. The van der Waals surface area contributed by atoms with E-state index in [1.54, 1.807) is 55.5 Å². The van der Waals surface area contributed by atoms with Gasteiger partial charge in [0.15, 0.2) is 6.61 Å². The van der Waals surface area contributed by atoms with Crippen LogP contribution in [0.4, 0.5) is 4.79 Å². The van der Waals surface area contributed by atoms with Gasteiger partial charge in [0.25, 0.3) is 11.8 Å². The summed E-state index contributed by atoms with van der Waals surface area (Å²) in [4.78, 5) is 49.7. The molecule has 0 unspecified atom stereocenters. The highest BCUT2D eigenvalue weighted by atomic mass is 16.5. The van der Waals surface area contributed by atoms with Gasteiger partial charge in [0, 0.05) is 0 Å². The van der Waals surface area contributed by atoms with E-state index in [1.807, 2.05) is 13.8 Å².